The van der Waals surface area contributed by atoms with Crippen molar-refractivity contribution in [1.82, 2.24) is 5.32 Å². The van der Waals surface area contributed by atoms with Gasteiger partial charge in [-0.2, -0.15) is 0 Å². The van der Waals surface area contributed by atoms with E-state index in [1.54, 1.807) is 25.2 Å². The van der Waals surface area contributed by atoms with Gasteiger partial charge in [-0.05, 0) is 31.2 Å². The maximum absolute atomic E-state index is 10.7. The molecule has 0 saturated carbocycles. The highest BCUT2D eigenvalue weighted by Gasteiger charge is 2.22. The molecular formula is C15H21NO5. The van der Waals surface area contributed by atoms with Gasteiger partial charge in [0.2, 0.25) is 0 Å². The molecule has 6 nitrogen and oxygen atoms in total. The summed E-state index contributed by atoms with van der Waals surface area (Å²) in [6.07, 6.45) is 0.380. The van der Waals surface area contributed by atoms with Crippen LogP contribution in [0.4, 0.5) is 0 Å². The minimum atomic E-state index is -0.874. The number of hydrogen-bond acceptors (Lipinski definition) is 5. The Balaban J connectivity index is 2.12. The molecule has 2 atom stereocenters. The number of carboxylic acid groups (broad SMARTS) is 1. The van der Waals surface area contributed by atoms with Gasteiger partial charge in [0.1, 0.15) is 0 Å². The molecule has 2 unspecified atom stereocenters. The number of rotatable bonds is 6. The molecule has 21 heavy (non-hydrogen) atoms. The zero-order valence-corrected chi connectivity index (χ0v) is 12.0. The Morgan fingerprint density at radius 1 is 1.33 bits per heavy atom. The summed E-state index contributed by atoms with van der Waals surface area (Å²) < 4.78 is 11.1. The SMILES string of the molecule is CNC(CCC(=O)O)C(O)c1ccc2c(c1)OCCCO2. The molecule has 0 aliphatic carbocycles. The topological polar surface area (TPSA) is 88.0 Å². The normalized spacial score (nSPS) is 16.9. The van der Waals surface area contributed by atoms with Gasteiger partial charge >= 0.3 is 5.97 Å². The standard InChI is InChI=1S/C15H21NO5/c1-16-11(4-6-14(17)18)15(19)10-3-5-12-13(9-10)21-8-2-7-20-12/h3,5,9,11,15-16,19H,2,4,6-8H2,1H3,(H,17,18). The summed E-state index contributed by atoms with van der Waals surface area (Å²) in [5.74, 6) is 0.424. The van der Waals surface area contributed by atoms with Crippen LogP contribution >= 0.6 is 0 Å². The van der Waals surface area contributed by atoms with Crippen molar-refractivity contribution >= 4 is 5.97 Å². The van der Waals surface area contributed by atoms with Crippen LogP contribution in [0.25, 0.3) is 0 Å². The lowest BCUT2D eigenvalue weighted by atomic mass is 9.98. The summed E-state index contributed by atoms with van der Waals surface area (Å²) in [7, 11) is 1.71. The number of benzene rings is 1. The molecule has 0 bridgehead atoms. The minimum Gasteiger partial charge on any atom is -0.490 e. The van der Waals surface area contributed by atoms with Gasteiger partial charge < -0.3 is 25.0 Å². The largest absolute Gasteiger partial charge is 0.490 e. The quantitative estimate of drug-likeness (QED) is 0.734. The van der Waals surface area contributed by atoms with E-state index in [4.69, 9.17) is 14.6 Å². The zero-order valence-electron chi connectivity index (χ0n) is 12.0. The highest BCUT2D eigenvalue weighted by molar-refractivity contribution is 5.66. The summed E-state index contributed by atoms with van der Waals surface area (Å²) >= 11 is 0. The van der Waals surface area contributed by atoms with E-state index in [0.717, 1.165) is 6.42 Å². The third-order valence-corrected chi connectivity index (χ3v) is 3.53. The lowest BCUT2D eigenvalue weighted by molar-refractivity contribution is -0.137. The average Bonchev–Trinajstić information content (AvgIpc) is 2.71. The van der Waals surface area contributed by atoms with Crippen LogP contribution in [0.1, 0.15) is 30.9 Å². The lowest BCUT2D eigenvalue weighted by Crippen LogP contribution is -2.32. The molecule has 2 rings (SSSR count). The molecule has 0 fully saturated rings. The molecule has 1 aliphatic heterocycles. The van der Waals surface area contributed by atoms with E-state index in [-0.39, 0.29) is 12.5 Å². The fourth-order valence-electron chi connectivity index (χ4n) is 2.34. The molecule has 0 amide bonds. The van der Waals surface area contributed by atoms with Crippen LogP contribution in [0.2, 0.25) is 0 Å². The van der Waals surface area contributed by atoms with Crippen LogP contribution in [0.3, 0.4) is 0 Å². The van der Waals surface area contributed by atoms with Crippen molar-refractivity contribution in [1.29, 1.82) is 0 Å². The second-order valence-corrected chi connectivity index (χ2v) is 5.03. The molecule has 1 aromatic carbocycles. The van der Waals surface area contributed by atoms with Crippen molar-refractivity contribution in [3.63, 3.8) is 0 Å². The Bertz CT molecular complexity index is 491. The molecule has 1 aliphatic rings. The summed E-state index contributed by atoms with van der Waals surface area (Å²) in [6.45, 7) is 1.20. The van der Waals surface area contributed by atoms with Gasteiger partial charge in [0.05, 0.1) is 19.3 Å². The number of ether oxygens (including phenoxy) is 2. The van der Waals surface area contributed by atoms with Crippen molar-refractivity contribution in [3.8, 4) is 11.5 Å². The third-order valence-electron chi connectivity index (χ3n) is 3.53. The van der Waals surface area contributed by atoms with Crippen molar-refractivity contribution < 1.29 is 24.5 Å². The fourth-order valence-corrected chi connectivity index (χ4v) is 2.34. The highest BCUT2D eigenvalue weighted by atomic mass is 16.5. The second kappa shape index (κ2) is 7.28. The number of aliphatic carboxylic acids is 1. The number of nitrogens with one attached hydrogen (secondary N) is 1. The van der Waals surface area contributed by atoms with Gasteiger partial charge in [0.15, 0.2) is 11.5 Å². The number of carboxylic acids is 1. The van der Waals surface area contributed by atoms with E-state index >= 15 is 0 Å². The van der Waals surface area contributed by atoms with E-state index in [0.29, 0.717) is 36.7 Å². The van der Waals surface area contributed by atoms with Crippen LogP contribution in [0.15, 0.2) is 18.2 Å². The Morgan fingerprint density at radius 3 is 2.71 bits per heavy atom. The molecule has 116 valence electrons. The van der Waals surface area contributed by atoms with E-state index in [1.807, 2.05) is 0 Å². The number of aliphatic hydroxyl groups is 1. The summed E-state index contributed by atoms with van der Waals surface area (Å²) in [6, 6.07) is 4.99. The first-order valence-corrected chi connectivity index (χ1v) is 7.08. The van der Waals surface area contributed by atoms with Crippen LogP contribution < -0.4 is 14.8 Å². The Kier molecular flexibility index (Phi) is 5.41. The molecule has 1 aromatic rings. The first-order chi connectivity index (χ1) is 10.1. The van der Waals surface area contributed by atoms with Gasteiger partial charge in [0.25, 0.3) is 0 Å². The first-order valence-electron chi connectivity index (χ1n) is 7.08. The number of hydrogen-bond donors (Lipinski definition) is 3. The van der Waals surface area contributed by atoms with E-state index < -0.39 is 12.1 Å². The maximum atomic E-state index is 10.7. The van der Waals surface area contributed by atoms with Crippen molar-refractivity contribution in [2.75, 3.05) is 20.3 Å². The predicted molar refractivity (Wildman–Crippen MR) is 76.7 cm³/mol. The van der Waals surface area contributed by atoms with Crippen molar-refractivity contribution in [3.05, 3.63) is 23.8 Å². The predicted octanol–water partition coefficient (Wildman–Crippen LogP) is 1.33. The third kappa shape index (κ3) is 4.09. The van der Waals surface area contributed by atoms with Crippen LogP contribution in [0, 0.1) is 0 Å². The van der Waals surface area contributed by atoms with Crippen LogP contribution in [-0.2, 0) is 4.79 Å². The van der Waals surface area contributed by atoms with Gasteiger partial charge in [-0.1, -0.05) is 6.07 Å². The summed E-state index contributed by atoms with van der Waals surface area (Å²) in [5.41, 5.74) is 0.684. The van der Waals surface area contributed by atoms with E-state index in [2.05, 4.69) is 5.32 Å². The molecule has 6 heteroatoms. The monoisotopic (exact) mass is 295 g/mol. The molecule has 0 spiro atoms. The van der Waals surface area contributed by atoms with Crippen molar-refractivity contribution in [2.45, 2.75) is 31.4 Å². The average molecular weight is 295 g/mol. The van der Waals surface area contributed by atoms with Gasteiger partial charge in [-0.15, -0.1) is 0 Å². The summed E-state index contributed by atoms with van der Waals surface area (Å²) in [5, 5.41) is 22.1. The maximum Gasteiger partial charge on any atom is 0.303 e. The van der Waals surface area contributed by atoms with E-state index in [1.165, 1.54) is 0 Å². The van der Waals surface area contributed by atoms with Crippen LogP contribution in [0.5, 0.6) is 11.5 Å². The molecule has 1 heterocycles. The zero-order chi connectivity index (χ0) is 15.2. The molecule has 0 aromatic heterocycles. The first kappa shape index (κ1) is 15.6. The molecule has 3 N–H and O–H groups in total. The number of aliphatic hydroxyl groups excluding tert-OH is 1. The fraction of sp³-hybridized carbons (Fsp3) is 0.533. The van der Waals surface area contributed by atoms with Crippen molar-refractivity contribution in [2.24, 2.45) is 0 Å². The summed E-state index contributed by atoms with van der Waals surface area (Å²) in [4.78, 5) is 10.7. The molecule has 0 radical (unpaired) electrons. The lowest BCUT2D eigenvalue weighted by Gasteiger charge is -2.23. The number of fused-ring (bicyclic) bond motifs is 1. The molecule has 0 saturated heterocycles. The number of likely N-dealkylation sites (N-methyl/N-ethyl adjacent to an activating group) is 1. The number of carbonyl (C=O) groups is 1. The minimum absolute atomic E-state index is 0.00706. The Morgan fingerprint density at radius 2 is 2.05 bits per heavy atom. The van der Waals surface area contributed by atoms with Crippen LogP contribution in [-0.4, -0.2) is 42.5 Å². The van der Waals surface area contributed by atoms with Gasteiger partial charge in [-0.3, -0.25) is 4.79 Å². The Labute approximate surface area is 123 Å². The highest BCUT2D eigenvalue weighted by Crippen LogP contribution is 2.33. The molecular weight excluding hydrogens is 274 g/mol. The van der Waals surface area contributed by atoms with Gasteiger partial charge in [0, 0.05) is 18.9 Å². The van der Waals surface area contributed by atoms with E-state index in [9.17, 15) is 9.90 Å². The second-order valence-electron chi connectivity index (χ2n) is 5.03. The smallest absolute Gasteiger partial charge is 0.303 e. The Hall–Kier alpha value is -1.79. The van der Waals surface area contributed by atoms with Gasteiger partial charge in [-0.25, -0.2) is 0 Å².